The standard InChI is InChI=1S/C15H28N4/c1-2-9-18-10-3-5-15(14-16,6-12-18)19-11-4-7-17-8-13-19/h17H,2-13H2,1H3. The van der Waals surface area contributed by atoms with Crippen molar-refractivity contribution < 1.29 is 0 Å². The van der Waals surface area contributed by atoms with Gasteiger partial charge in [-0.05, 0) is 51.7 Å². The van der Waals surface area contributed by atoms with E-state index in [-0.39, 0.29) is 5.54 Å². The van der Waals surface area contributed by atoms with Gasteiger partial charge in [0.1, 0.15) is 5.54 Å². The zero-order valence-electron chi connectivity index (χ0n) is 12.3. The summed E-state index contributed by atoms with van der Waals surface area (Å²) >= 11 is 0. The Hall–Kier alpha value is -0.630. The first-order chi connectivity index (χ1) is 9.30. The summed E-state index contributed by atoms with van der Waals surface area (Å²) in [6.45, 7) is 9.92. The summed E-state index contributed by atoms with van der Waals surface area (Å²) in [7, 11) is 0. The van der Waals surface area contributed by atoms with Gasteiger partial charge in [-0.3, -0.25) is 4.90 Å². The van der Waals surface area contributed by atoms with E-state index in [1.165, 1.54) is 25.9 Å². The quantitative estimate of drug-likeness (QED) is 0.837. The van der Waals surface area contributed by atoms with Crippen LogP contribution in [0.4, 0.5) is 0 Å². The van der Waals surface area contributed by atoms with Crippen molar-refractivity contribution in [3.05, 3.63) is 0 Å². The number of hydrogen-bond donors (Lipinski definition) is 1. The maximum absolute atomic E-state index is 9.80. The van der Waals surface area contributed by atoms with Gasteiger partial charge in [0, 0.05) is 26.2 Å². The Labute approximate surface area is 117 Å². The van der Waals surface area contributed by atoms with E-state index in [0.717, 1.165) is 52.0 Å². The fourth-order valence-corrected chi connectivity index (χ4v) is 3.49. The first-order valence-corrected chi connectivity index (χ1v) is 7.90. The average Bonchev–Trinajstić information content (AvgIpc) is 2.81. The maximum Gasteiger partial charge on any atom is 0.110 e. The van der Waals surface area contributed by atoms with Gasteiger partial charge in [-0.25, -0.2) is 0 Å². The van der Waals surface area contributed by atoms with Crippen LogP contribution in [0.1, 0.15) is 39.0 Å². The van der Waals surface area contributed by atoms with Crippen molar-refractivity contribution in [3.8, 4) is 6.07 Å². The first kappa shape index (κ1) is 14.8. The van der Waals surface area contributed by atoms with E-state index in [1.807, 2.05) is 0 Å². The molecule has 19 heavy (non-hydrogen) atoms. The lowest BCUT2D eigenvalue weighted by molar-refractivity contribution is 0.128. The summed E-state index contributed by atoms with van der Waals surface area (Å²) in [6, 6.07) is 2.69. The van der Waals surface area contributed by atoms with E-state index < -0.39 is 0 Å². The van der Waals surface area contributed by atoms with Crippen LogP contribution in [0.3, 0.4) is 0 Å². The second kappa shape index (κ2) is 7.23. The third kappa shape index (κ3) is 3.68. The summed E-state index contributed by atoms with van der Waals surface area (Å²) < 4.78 is 0. The van der Waals surface area contributed by atoms with Gasteiger partial charge >= 0.3 is 0 Å². The molecule has 1 N–H and O–H groups in total. The fourth-order valence-electron chi connectivity index (χ4n) is 3.49. The topological polar surface area (TPSA) is 42.3 Å². The highest BCUT2D eigenvalue weighted by Crippen LogP contribution is 2.29. The molecule has 108 valence electrons. The highest BCUT2D eigenvalue weighted by molar-refractivity contribution is 5.10. The van der Waals surface area contributed by atoms with Crippen molar-refractivity contribution >= 4 is 0 Å². The SMILES string of the molecule is CCCN1CCCC(C#N)(N2CCCNCC2)CC1. The highest BCUT2D eigenvalue weighted by atomic mass is 15.2. The van der Waals surface area contributed by atoms with Crippen molar-refractivity contribution in [2.75, 3.05) is 45.8 Å². The van der Waals surface area contributed by atoms with Crippen LogP contribution in [-0.2, 0) is 0 Å². The molecule has 1 atom stereocenters. The number of nitriles is 1. The lowest BCUT2D eigenvalue weighted by Gasteiger charge is -2.37. The van der Waals surface area contributed by atoms with E-state index in [0.29, 0.717) is 0 Å². The van der Waals surface area contributed by atoms with Crippen molar-refractivity contribution in [2.24, 2.45) is 0 Å². The second-order valence-electron chi connectivity index (χ2n) is 5.93. The molecule has 0 spiro atoms. The minimum absolute atomic E-state index is 0.200. The Morgan fingerprint density at radius 1 is 1.11 bits per heavy atom. The maximum atomic E-state index is 9.80. The van der Waals surface area contributed by atoms with Crippen LogP contribution in [0.5, 0.6) is 0 Å². The molecule has 0 aliphatic carbocycles. The van der Waals surface area contributed by atoms with E-state index in [9.17, 15) is 5.26 Å². The second-order valence-corrected chi connectivity index (χ2v) is 5.93. The van der Waals surface area contributed by atoms with Crippen molar-refractivity contribution in [1.82, 2.24) is 15.1 Å². The average molecular weight is 264 g/mol. The van der Waals surface area contributed by atoms with E-state index >= 15 is 0 Å². The molecular formula is C15H28N4. The Bertz CT molecular complexity index is 304. The molecule has 2 saturated heterocycles. The summed E-state index contributed by atoms with van der Waals surface area (Å²) in [5.41, 5.74) is -0.200. The molecule has 2 rings (SSSR count). The van der Waals surface area contributed by atoms with E-state index in [1.54, 1.807) is 0 Å². The van der Waals surface area contributed by atoms with Crippen molar-refractivity contribution in [1.29, 1.82) is 5.26 Å². The summed E-state index contributed by atoms with van der Waals surface area (Å²) in [5, 5.41) is 13.2. The van der Waals surface area contributed by atoms with Crippen molar-refractivity contribution in [2.45, 2.75) is 44.6 Å². The number of hydrogen-bond acceptors (Lipinski definition) is 4. The number of nitrogens with one attached hydrogen (secondary N) is 1. The molecule has 4 nitrogen and oxygen atoms in total. The molecule has 0 aromatic heterocycles. The molecular weight excluding hydrogens is 236 g/mol. The minimum Gasteiger partial charge on any atom is -0.315 e. The largest absolute Gasteiger partial charge is 0.315 e. The van der Waals surface area contributed by atoms with Gasteiger partial charge in [-0.1, -0.05) is 6.92 Å². The molecule has 2 aliphatic heterocycles. The van der Waals surface area contributed by atoms with Gasteiger partial charge in [0.25, 0.3) is 0 Å². The predicted molar refractivity (Wildman–Crippen MR) is 78.0 cm³/mol. The van der Waals surface area contributed by atoms with Crippen LogP contribution in [0.25, 0.3) is 0 Å². The first-order valence-electron chi connectivity index (χ1n) is 7.90. The van der Waals surface area contributed by atoms with Crippen LogP contribution >= 0.6 is 0 Å². The zero-order chi connectivity index (χ0) is 13.6. The molecule has 1 unspecified atom stereocenters. The van der Waals surface area contributed by atoms with Gasteiger partial charge < -0.3 is 10.2 Å². The third-order valence-electron chi connectivity index (χ3n) is 4.60. The molecule has 0 bridgehead atoms. The Balaban J connectivity index is 2.02. The van der Waals surface area contributed by atoms with Gasteiger partial charge in [-0.15, -0.1) is 0 Å². The Morgan fingerprint density at radius 3 is 2.79 bits per heavy atom. The minimum atomic E-state index is -0.200. The molecule has 0 aromatic rings. The zero-order valence-corrected chi connectivity index (χ0v) is 12.3. The number of rotatable bonds is 3. The normalized spacial score (nSPS) is 31.4. The molecule has 4 heteroatoms. The van der Waals surface area contributed by atoms with Crippen LogP contribution in [0.2, 0.25) is 0 Å². The monoisotopic (exact) mass is 264 g/mol. The molecule has 0 saturated carbocycles. The summed E-state index contributed by atoms with van der Waals surface area (Å²) in [4.78, 5) is 5.00. The van der Waals surface area contributed by atoms with Crippen LogP contribution in [-0.4, -0.2) is 61.2 Å². The number of nitrogens with zero attached hydrogens (tertiary/aromatic N) is 3. The van der Waals surface area contributed by atoms with Gasteiger partial charge in [0.15, 0.2) is 0 Å². The molecule has 0 amide bonds. The molecule has 2 heterocycles. The lowest BCUT2D eigenvalue weighted by atomic mass is 9.89. The fraction of sp³-hybridized carbons (Fsp3) is 0.933. The van der Waals surface area contributed by atoms with E-state index in [2.05, 4.69) is 28.1 Å². The smallest absolute Gasteiger partial charge is 0.110 e. The predicted octanol–water partition coefficient (Wildman–Crippen LogP) is 1.44. The Kier molecular flexibility index (Phi) is 5.62. The molecule has 2 aliphatic rings. The summed E-state index contributed by atoms with van der Waals surface area (Å²) in [6.07, 6.45) is 5.61. The highest BCUT2D eigenvalue weighted by Gasteiger charge is 2.38. The van der Waals surface area contributed by atoms with E-state index in [4.69, 9.17) is 0 Å². The summed E-state index contributed by atoms with van der Waals surface area (Å²) in [5.74, 6) is 0. The Morgan fingerprint density at radius 2 is 2.00 bits per heavy atom. The third-order valence-corrected chi connectivity index (χ3v) is 4.60. The van der Waals surface area contributed by atoms with Gasteiger partial charge in [0.2, 0.25) is 0 Å². The van der Waals surface area contributed by atoms with Crippen molar-refractivity contribution in [3.63, 3.8) is 0 Å². The van der Waals surface area contributed by atoms with Crippen LogP contribution < -0.4 is 5.32 Å². The number of likely N-dealkylation sites (tertiary alicyclic amines) is 1. The molecule has 2 fully saturated rings. The van der Waals surface area contributed by atoms with Crippen LogP contribution in [0.15, 0.2) is 0 Å². The van der Waals surface area contributed by atoms with Gasteiger partial charge in [-0.2, -0.15) is 5.26 Å². The van der Waals surface area contributed by atoms with Crippen LogP contribution in [0, 0.1) is 11.3 Å². The van der Waals surface area contributed by atoms with Gasteiger partial charge in [0.05, 0.1) is 6.07 Å². The molecule has 0 radical (unpaired) electrons. The molecule has 0 aromatic carbocycles. The lowest BCUT2D eigenvalue weighted by Crippen LogP contribution is -2.49.